The number of benzene rings is 1. The number of methoxy groups -OCH3 is 1. The minimum Gasteiger partial charge on any atom is -0.497 e. The maximum Gasteiger partial charge on any atom is 0.408 e. The van der Waals surface area contributed by atoms with E-state index in [0.717, 1.165) is 37.7 Å². The molecule has 1 aliphatic rings. The first-order valence-electron chi connectivity index (χ1n) is 12.3. The Bertz CT molecular complexity index is 888. The topological polar surface area (TPSA) is 129 Å². The van der Waals surface area contributed by atoms with Gasteiger partial charge in [-0.05, 0) is 71.1 Å². The van der Waals surface area contributed by atoms with Crippen molar-refractivity contribution < 1.29 is 38.1 Å². The van der Waals surface area contributed by atoms with E-state index in [1.807, 2.05) is 0 Å². The van der Waals surface area contributed by atoms with Gasteiger partial charge in [0.25, 0.3) is 0 Å². The van der Waals surface area contributed by atoms with Gasteiger partial charge in [-0.25, -0.2) is 9.59 Å². The van der Waals surface area contributed by atoms with Gasteiger partial charge < -0.3 is 29.6 Å². The van der Waals surface area contributed by atoms with Crippen LogP contribution in [0.3, 0.4) is 0 Å². The van der Waals surface area contributed by atoms with Crippen molar-refractivity contribution in [3.8, 4) is 5.75 Å². The molecule has 2 amide bonds. The number of nitrogens with one attached hydrogen (secondary N) is 2. The van der Waals surface area contributed by atoms with Crippen LogP contribution in [-0.4, -0.2) is 54.8 Å². The van der Waals surface area contributed by atoms with Gasteiger partial charge in [0.15, 0.2) is 0 Å². The van der Waals surface area contributed by atoms with Crippen LogP contribution in [0.4, 0.5) is 4.79 Å². The van der Waals surface area contributed by atoms with Gasteiger partial charge in [0, 0.05) is 0 Å². The quantitative estimate of drug-likeness (QED) is 0.365. The summed E-state index contributed by atoms with van der Waals surface area (Å²) in [7, 11) is 1.56. The van der Waals surface area contributed by atoms with Gasteiger partial charge in [0.1, 0.15) is 36.1 Å². The van der Waals surface area contributed by atoms with Crippen molar-refractivity contribution in [2.45, 2.75) is 96.6 Å². The van der Waals surface area contributed by atoms with Crippen LogP contribution >= 0.6 is 0 Å². The number of ether oxygens (including phenoxy) is 4. The molecule has 0 unspecified atom stereocenters. The highest BCUT2D eigenvalue weighted by Gasteiger charge is 2.30. The predicted molar refractivity (Wildman–Crippen MR) is 131 cm³/mol. The molecule has 1 aromatic rings. The lowest BCUT2D eigenvalue weighted by molar-refractivity contribution is -0.152. The second-order valence-corrected chi connectivity index (χ2v) is 9.84. The summed E-state index contributed by atoms with van der Waals surface area (Å²) in [6.07, 6.45) is 3.17. The molecule has 1 aromatic carbocycles. The van der Waals surface area contributed by atoms with E-state index in [0.29, 0.717) is 5.75 Å². The molecular formula is C26H38N2O8. The van der Waals surface area contributed by atoms with E-state index in [2.05, 4.69) is 10.6 Å². The van der Waals surface area contributed by atoms with Gasteiger partial charge in [-0.3, -0.25) is 9.59 Å². The minimum atomic E-state index is -1.28. The summed E-state index contributed by atoms with van der Waals surface area (Å²) in [4.78, 5) is 50.2. The summed E-state index contributed by atoms with van der Waals surface area (Å²) in [6, 6.07) is 4.70. The summed E-state index contributed by atoms with van der Waals surface area (Å²) >= 11 is 0. The predicted octanol–water partition coefficient (Wildman–Crippen LogP) is 3.40. The normalized spacial score (nSPS) is 15.7. The number of hydrogen-bond acceptors (Lipinski definition) is 8. The van der Waals surface area contributed by atoms with Crippen LogP contribution < -0.4 is 15.4 Å². The van der Waals surface area contributed by atoms with Crippen molar-refractivity contribution in [2.24, 2.45) is 0 Å². The summed E-state index contributed by atoms with van der Waals surface area (Å²) in [5.41, 5.74) is -0.0516. The highest BCUT2D eigenvalue weighted by atomic mass is 16.6. The highest BCUT2D eigenvalue weighted by molar-refractivity contribution is 5.92. The van der Waals surface area contributed by atoms with Crippen LogP contribution in [0.2, 0.25) is 0 Å². The summed E-state index contributed by atoms with van der Waals surface area (Å²) < 4.78 is 21.1. The molecular weight excluding hydrogens is 468 g/mol. The number of alkyl carbamates (subject to hydrolysis) is 1. The number of amides is 2. The maximum atomic E-state index is 12.9. The Balaban J connectivity index is 1.95. The van der Waals surface area contributed by atoms with Crippen molar-refractivity contribution >= 4 is 23.9 Å². The fourth-order valence-electron chi connectivity index (χ4n) is 3.62. The first-order chi connectivity index (χ1) is 17.0. The van der Waals surface area contributed by atoms with E-state index in [1.54, 1.807) is 52.1 Å². The third-order valence-corrected chi connectivity index (χ3v) is 5.48. The molecule has 36 heavy (non-hydrogen) atoms. The molecule has 0 aromatic heterocycles. The van der Waals surface area contributed by atoms with E-state index >= 15 is 0 Å². The molecule has 0 bridgehead atoms. The summed E-state index contributed by atoms with van der Waals surface area (Å²) in [5, 5.41) is 4.92. The lowest BCUT2D eigenvalue weighted by Gasteiger charge is -2.25. The largest absolute Gasteiger partial charge is 0.497 e. The highest BCUT2D eigenvalue weighted by Crippen LogP contribution is 2.21. The standard InChI is InChI=1S/C26H38N2O8/c1-17(24(31)34-16-18-11-13-19(33-5)14-12-18)27-23(30)21(28-25(32)36-26(2,3)4)15-22(29)35-20-9-7-6-8-10-20/h11-14,17,20-21H,6-10,15-16H2,1-5H3,(H,27,30)(H,28,32)/t17-,21-/m0/s1. The summed E-state index contributed by atoms with van der Waals surface area (Å²) in [6.45, 7) is 6.51. The molecule has 2 atom stereocenters. The number of hydrogen-bond donors (Lipinski definition) is 2. The SMILES string of the molecule is COc1ccc(COC(=O)[C@H](C)NC(=O)[C@H](CC(=O)OC2CCCCC2)NC(=O)OC(C)(C)C)cc1. The zero-order valence-electron chi connectivity index (χ0n) is 21.8. The van der Waals surface area contributed by atoms with E-state index in [-0.39, 0.29) is 12.7 Å². The second kappa shape index (κ2) is 13.7. The molecule has 0 heterocycles. The van der Waals surface area contributed by atoms with Crippen LogP contribution in [-0.2, 0) is 35.2 Å². The lowest BCUT2D eigenvalue weighted by atomic mass is 9.98. The van der Waals surface area contributed by atoms with Crippen LogP contribution in [0.5, 0.6) is 5.75 Å². The Hall–Kier alpha value is -3.30. The first-order valence-corrected chi connectivity index (χ1v) is 12.3. The Morgan fingerprint density at radius 2 is 1.64 bits per heavy atom. The molecule has 10 nitrogen and oxygen atoms in total. The molecule has 1 fully saturated rings. The smallest absolute Gasteiger partial charge is 0.408 e. The lowest BCUT2D eigenvalue weighted by Crippen LogP contribution is -2.52. The van der Waals surface area contributed by atoms with E-state index in [9.17, 15) is 19.2 Å². The Morgan fingerprint density at radius 3 is 2.22 bits per heavy atom. The zero-order chi connectivity index (χ0) is 26.7. The van der Waals surface area contributed by atoms with Gasteiger partial charge in [0.2, 0.25) is 5.91 Å². The minimum absolute atomic E-state index is 0.0103. The van der Waals surface area contributed by atoms with Crippen molar-refractivity contribution in [1.29, 1.82) is 0 Å². The van der Waals surface area contributed by atoms with Gasteiger partial charge in [0.05, 0.1) is 13.5 Å². The molecule has 2 N–H and O–H groups in total. The fraction of sp³-hybridized carbons (Fsp3) is 0.615. The Morgan fingerprint density at radius 1 is 1.00 bits per heavy atom. The number of carbonyl (C=O) groups excluding carboxylic acids is 4. The number of carbonyl (C=O) groups is 4. The Labute approximate surface area is 212 Å². The van der Waals surface area contributed by atoms with Crippen molar-refractivity contribution in [3.05, 3.63) is 29.8 Å². The van der Waals surface area contributed by atoms with Crippen LogP contribution in [0.1, 0.15) is 71.8 Å². The monoisotopic (exact) mass is 506 g/mol. The van der Waals surface area contributed by atoms with Crippen LogP contribution in [0, 0.1) is 0 Å². The fourth-order valence-corrected chi connectivity index (χ4v) is 3.62. The molecule has 0 radical (unpaired) electrons. The third-order valence-electron chi connectivity index (χ3n) is 5.48. The molecule has 2 rings (SSSR count). The third kappa shape index (κ3) is 10.5. The Kier molecular flexibility index (Phi) is 11.0. The van der Waals surface area contributed by atoms with Gasteiger partial charge in [-0.1, -0.05) is 18.6 Å². The van der Waals surface area contributed by atoms with E-state index in [4.69, 9.17) is 18.9 Å². The van der Waals surface area contributed by atoms with Gasteiger partial charge >= 0.3 is 18.0 Å². The average Bonchev–Trinajstić information content (AvgIpc) is 2.81. The molecule has 10 heteroatoms. The maximum absolute atomic E-state index is 12.9. The molecule has 0 aliphatic heterocycles. The number of esters is 2. The average molecular weight is 507 g/mol. The van der Waals surface area contributed by atoms with Crippen LogP contribution in [0.25, 0.3) is 0 Å². The van der Waals surface area contributed by atoms with E-state index in [1.165, 1.54) is 6.92 Å². The van der Waals surface area contributed by atoms with Crippen molar-refractivity contribution in [3.63, 3.8) is 0 Å². The van der Waals surface area contributed by atoms with Gasteiger partial charge in [-0.15, -0.1) is 0 Å². The molecule has 200 valence electrons. The summed E-state index contributed by atoms with van der Waals surface area (Å²) in [5.74, 6) is -1.32. The van der Waals surface area contributed by atoms with Crippen molar-refractivity contribution in [2.75, 3.05) is 7.11 Å². The van der Waals surface area contributed by atoms with Crippen LogP contribution in [0.15, 0.2) is 24.3 Å². The second-order valence-electron chi connectivity index (χ2n) is 9.84. The first kappa shape index (κ1) is 28.9. The molecule has 0 spiro atoms. The van der Waals surface area contributed by atoms with Gasteiger partial charge in [-0.2, -0.15) is 0 Å². The molecule has 1 aliphatic carbocycles. The number of rotatable bonds is 10. The molecule has 0 saturated heterocycles. The molecule has 1 saturated carbocycles. The van der Waals surface area contributed by atoms with E-state index < -0.39 is 48.0 Å². The van der Waals surface area contributed by atoms with Crippen molar-refractivity contribution in [1.82, 2.24) is 10.6 Å². The zero-order valence-corrected chi connectivity index (χ0v) is 21.8.